The lowest BCUT2D eigenvalue weighted by molar-refractivity contribution is -0.120. The first-order valence-electron chi connectivity index (χ1n) is 8.13. The van der Waals surface area contributed by atoms with Gasteiger partial charge in [-0.3, -0.25) is 14.9 Å². The quantitative estimate of drug-likeness (QED) is 0.530. The van der Waals surface area contributed by atoms with Gasteiger partial charge in [-0.1, -0.05) is 45.7 Å². The van der Waals surface area contributed by atoms with E-state index in [9.17, 15) is 14.0 Å². The van der Waals surface area contributed by atoms with Crippen molar-refractivity contribution in [2.24, 2.45) is 0 Å². The number of thiazole rings is 1. The van der Waals surface area contributed by atoms with E-state index < -0.39 is 11.7 Å². The normalized spacial score (nSPS) is 10.5. The molecule has 0 saturated carbocycles. The molecule has 0 atom stereocenters. The Kier molecular flexibility index (Phi) is 6.77. The van der Waals surface area contributed by atoms with Crippen LogP contribution in [-0.2, 0) is 17.8 Å². The summed E-state index contributed by atoms with van der Waals surface area (Å²) in [5, 5.41) is 7.84. The van der Waals surface area contributed by atoms with Gasteiger partial charge in [0.1, 0.15) is 5.82 Å². The second kappa shape index (κ2) is 9.27. The number of hydrogen-bond acceptors (Lipinski definition) is 4. The van der Waals surface area contributed by atoms with Crippen molar-refractivity contribution in [1.82, 2.24) is 10.3 Å². The van der Waals surface area contributed by atoms with Crippen LogP contribution < -0.4 is 10.6 Å². The van der Waals surface area contributed by atoms with Gasteiger partial charge in [-0.25, -0.2) is 9.37 Å². The summed E-state index contributed by atoms with van der Waals surface area (Å²) >= 11 is 10.6. The number of nitrogens with one attached hydrogen (secondary N) is 2. The van der Waals surface area contributed by atoms with Crippen LogP contribution in [0.15, 0.2) is 52.3 Å². The Balaban J connectivity index is 1.54. The number of benzene rings is 2. The molecule has 0 aliphatic rings. The lowest BCUT2D eigenvalue weighted by Gasteiger charge is -2.06. The molecule has 0 aliphatic carbocycles. The van der Waals surface area contributed by atoms with Gasteiger partial charge in [0.15, 0.2) is 5.13 Å². The van der Waals surface area contributed by atoms with Gasteiger partial charge in [0.05, 0.1) is 17.7 Å². The maximum absolute atomic E-state index is 13.7. The molecule has 5 nitrogen and oxygen atoms in total. The van der Waals surface area contributed by atoms with Gasteiger partial charge in [0.25, 0.3) is 5.91 Å². The summed E-state index contributed by atoms with van der Waals surface area (Å²) in [4.78, 5) is 28.4. The van der Waals surface area contributed by atoms with Gasteiger partial charge in [-0.05, 0) is 29.8 Å². The van der Waals surface area contributed by atoms with E-state index >= 15 is 0 Å². The van der Waals surface area contributed by atoms with Crippen molar-refractivity contribution in [3.8, 4) is 0 Å². The average Bonchev–Trinajstić information content (AvgIpc) is 3.08. The fraction of sp³-hybridized carbons (Fsp3) is 0.105. The van der Waals surface area contributed by atoms with E-state index in [0.29, 0.717) is 22.4 Å². The van der Waals surface area contributed by atoms with Crippen LogP contribution in [0.25, 0.3) is 0 Å². The number of nitrogens with zero attached hydrogens (tertiary/aromatic N) is 1. The Labute approximate surface area is 178 Å². The number of amides is 2. The van der Waals surface area contributed by atoms with E-state index in [0.717, 1.165) is 10.0 Å². The molecule has 3 aromatic rings. The first-order valence-corrected chi connectivity index (χ1v) is 10.2. The number of carbonyl (C=O) groups is 2. The molecule has 0 bridgehead atoms. The highest BCUT2D eigenvalue weighted by atomic mass is 79.9. The van der Waals surface area contributed by atoms with Crippen LogP contribution in [0.1, 0.15) is 21.6 Å². The van der Waals surface area contributed by atoms with Crippen molar-refractivity contribution in [1.29, 1.82) is 0 Å². The predicted molar refractivity (Wildman–Crippen MR) is 111 cm³/mol. The largest absolute Gasteiger partial charge is 0.352 e. The fourth-order valence-electron chi connectivity index (χ4n) is 2.34. The van der Waals surface area contributed by atoms with Gasteiger partial charge in [0.2, 0.25) is 5.91 Å². The number of halogens is 3. The Morgan fingerprint density at radius 3 is 2.75 bits per heavy atom. The zero-order valence-corrected chi connectivity index (χ0v) is 17.5. The third-order valence-electron chi connectivity index (χ3n) is 3.72. The van der Waals surface area contributed by atoms with Crippen LogP contribution in [-0.4, -0.2) is 16.8 Å². The van der Waals surface area contributed by atoms with Gasteiger partial charge in [0, 0.05) is 21.4 Å². The summed E-state index contributed by atoms with van der Waals surface area (Å²) < 4.78 is 14.5. The molecule has 1 aromatic heterocycles. The second-order valence-electron chi connectivity index (χ2n) is 5.77. The van der Waals surface area contributed by atoms with Crippen LogP contribution in [0, 0.1) is 5.82 Å². The first kappa shape index (κ1) is 20.4. The smallest absolute Gasteiger partial charge is 0.260 e. The molecule has 0 unspecified atom stereocenters. The van der Waals surface area contributed by atoms with Crippen LogP contribution in [0.4, 0.5) is 9.52 Å². The standard InChI is InChI=1S/C19H14BrClFN3O2S/c20-12-6-5-11(15(21)7-12)9-23-17(26)8-13-10-28-19(24-13)25-18(27)14-3-1-2-4-16(14)22/h1-7,10H,8-9H2,(H,23,26)(H,24,25,27). The summed E-state index contributed by atoms with van der Waals surface area (Å²) in [6, 6.07) is 11.1. The van der Waals surface area contributed by atoms with Crippen molar-refractivity contribution in [2.75, 3.05) is 5.32 Å². The van der Waals surface area contributed by atoms with E-state index in [1.165, 1.54) is 29.5 Å². The molecule has 28 heavy (non-hydrogen) atoms. The van der Waals surface area contributed by atoms with Crippen molar-refractivity contribution in [3.63, 3.8) is 0 Å². The van der Waals surface area contributed by atoms with Crippen molar-refractivity contribution < 1.29 is 14.0 Å². The van der Waals surface area contributed by atoms with E-state index in [4.69, 9.17) is 11.6 Å². The minimum atomic E-state index is -0.609. The number of anilines is 1. The molecule has 2 aromatic carbocycles. The molecular weight excluding hydrogens is 469 g/mol. The van der Waals surface area contributed by atoms with E-state index in [1.807, 2.05) is 12.1 Å². The molecule has 1 heterocycles. The average molecular weight is 483 g/mol. The molecule has 2 N–H and O–H groups in total. The number of aromatic nitrogens is 1. The molecule has 0 radical (unpaired) electrons. The third-order valence-corrected chi connectivity index (χ3v) is 5.38. The van der Waals surface area contributed by atoms with Gasteiger partial charge in [-0.2, -0.15) is 0 Å². The number of rotatable bonds is 6. The minimum Gasteiger partial charge on any atom is -0.352 e. The monoisotopic (exact) mass is 481 g/mol. The first-order chi connectivity index (χ1) is 13.4. The van der Waals surface area contributed by atoms with Crippen LogP contribution >= 0.6 is 38.9 Å². The SMILES string of the molecule is O=C(Cc1csc(NC(=O)c2ccccc2F)n1)NCc1ccc(Br)cc1Cl. The van der Waals surface area contributed by atoms with Crippen molar-refractivity contribution >= 4 is 55.8 Å². The minimum absolute atomic E-state index is 0.0558. The van der Waals surface area contributed by atoms with Gasteiger partial charge < -0.3 is 5.32 Å². The Morgan fingerprint density at radius 1 is 1.21 bits per heavy atom. The third kappa shape index (κ3) is 5.37. The van der Waals surface area contributed by atoms with Crippen LogP contribution in [0.3, 0.4) is 0 Å². The van der Waals surface area contributed by atoms with Crippen LogP contribution in [0.5, 0.6) is 0 Å². The molecule has 9 heteroatoms. The predicted octanol–water partition coefficient (Wildman–Crippen LogP) is 4.81. The highest BCUT2D eigenvalue weighted by Gasteiger charge is 2.14. The molecule has 2 amide bonds. The summed E-state index contributed by atoms with van der Waals surface area (Å²) in [6.07, 6.45) is 0.0558. The highest BCUT2D eigenvalue weighted by Crippen LogP contribution is 2.21. The number of hydrogen-bond donors (Lipinski definition) is 2. The molecular formula is C19H14BrClFN3O2S. The summed E-state index contributed by atoms with van der Waals surface area (Å²) in [6.45, 7) is 0.298. The van der Waals surface area contributed by atoms with Gasteiger partial charge >= 0.3 is 0 Å². The van der Waals surface area contributed by atoms with Crippen molar-refractivity contribution in [2.45, 2.75) is 13.0 Å². The topological polar surface area (TPSA) is 71.1 Å². The Hall–Kier alpha value is -2.29. The zero-order chi connectivity index (χ0) is 20.1. The molecule has 0 aliphatic heterocycles. The van der Waals surface area contributed by atoms with E-state index in [2.05, 4.69) is 31.5 Å². The van der Waals surface area contributed by atoms with Crippen molar-refractivity contribution in [3.05, 3.63) is 80.0 Å². The zero-order valence-electron chi connectivity index (χ0n) is 14.3. The summed E-state index contributed by atoms with van der Waals surface area (Å²) in [5.74, 6) is -1.42. The molecule has 0 saturated heterocycles. The Bertz CT molecular complexity index is 1030. The highest BCUT2D eigenvalue weighted by molar-refractivity contribution is 9.10. The molecule has 0 spiro atoms. The fourth-order valence-corrected chi connectivity index (χ4v) is 3.79. The molecule has 3 rings (SSSR count). The summed E-state index contributed by atoms with van der Waals surface area (Å²) in [7, 11) is 0. The maximum atomic E-state index is 13.7. The van der Waals surface area contributed by atoms with Gasteiger partial charge in [-0.15, -0.1) is 11.3 Å². The van der Waals surface area contributed by atoms with E-state index in [-0.39, 0.29) is 17.9 Å². The molecule has 0 fully saturated rings. The molecule has 144 valence electrons. The number of carbonyl (C=O) groups excluding carboxylic acids is 2. The van der Waals surface area contributed by atoms with E-state index in [1.54, 1.807) is 17.5 Å². The summed E-state index contributed by atoms with van der Waals surface area (Å²) in [5.41, 5.74) is 1.24. The maximum Gasteiger partial charge on any atom is 0.260 e. The Morgan fingerprint density at radius 2 is 2.00 bits per heavy atom. The second-order valence-corrected chi connectivity index (χ2v) is 7.95. The van der Waals surface area contributed by atoms with Crippen LogP contribution in [0.2, 0.25) is 5.02 Å². The lowest BCUT2D eigenvalue weighted by atomic mass is 10.2. The lowest BCUT2D eigenvalue weighted by Crippen LogP contribution is -2.24.